The van der Waals surface area contributed by atoms with Crippen molar-refractivity contribution in [2.24, 2.45) is 5.92 Å². The number of hydrogen-bond acceptors (Lipinski definition) is 7. The molecule has 1 aromatic carbocycles. The average molecular weight is 496 g/mol. The minimum Gasteiger partial charge on any atom is -0.347 e. The van der Waals surface area contributed by atoms with Gasteiger partial charge in [-0.1, -0.05) is 11.3 Å². The van der Waals surface area contributed by atoms with E-state index in [0.29, 0.717) is 76.3 Å². The second-order valence-electron chi connectivity index (χ2n) is 8.85. The van der Waals surface area contributed by atoms with Gasteiger partial charge in [-0.3, -0.25) is 14.2 Å². The van der Waals surface area contributed by atoms with E-state index >= 15 is 0 Å². The highest BCUT2D eigenvalue weighted by atomic mass is 32.2. The van der Waals surface area contributed by atoms with Gasteiger partial charge in [-0.05, 0) is 38.0 Å². The third-order valence-corrected chi connectivity index (χ3v) is 9.88. The van der Waals surface area contributed by atoms with Crippen LogP contribution in [-0.4, -0.2) is 73.3 Å². The largest absolute Gasteiger partial charge is 0.347 e. The summed E-state index contributed by atoms with van der Waals surface area (Å²) in [6, 6.07) is 4.88. The van der Waals surface area contributed by atoms with Gasteiger partial charge in [0.2, 0.25) is 15.9 Å². The minimum atomic E-state index is -3.68. The number of fused-ring (bicyclic) bond motifs is 1. The zero-order chi connectivity index (χ0) is 23.2. The highest BCUT2D eigenvalue weighted by Crippen LogP contribution is 2.33. The SMILES string of the molecule is CCn1c(=O)sc2cc(S(=O)(=O)N3CCC(C(=O)N4CCC5(CC4)OCCO5)CC3)ccc21. The van der Waals surface area contributed by atoms with E-state index < -0.39 is 15.8 Å². The molecule has 0 saturated carbocycles. The van der Waals surface area contributed by atoms with Gasteiger partial charge in [0.15, 0.2) is 5.79 Å². The number of benzene rings is 1. The lowest BCUT2D eigenvalue weighted by Crippen LogP contribution is -2.50. The number of sulfonamides is 1. The number of amides is 1. The molecule has 11 heteroatoms. The Morgan fingerprint density at radius 2 is 1.79 bits per heavy atom. The van der Waals surface area contributed by atoms with E-state index in [1.807, 2.05) is 11.8 Å². The summed E-state index contributed by atoms with van der Waals surface area (Å²) in [7, 11) is -3.68. The Kier molecular flexibility index (Phi) is 6.11. The maximum atomic E-state index is 13.2. The first kappa shape index (κ1) is 23.0. The van der Waals surface area contributed by atoms with Gasteiger partial charge in [-0.25, -0.2) is 8.42 Å². The molecule has 3 aliphatic rings. The van der Waals surface area contributed by atoms with E-state index in [2.05, 4.69) is 0 Å². The standard InChI is InChI=1S/C22H29N3O6S2/c1-2-25-18-4-3-17(15-19(18)32-21(25)27)33(28,29)24-9-5-16(6-10-24)20(26)23-11-7-22(8-12-23)30-13-14-31-22/h3-4,15-16H,2,5-14H2,1H3. The highest BCUT2D eigenvalue weighted by molar-refractivity contribution is 7.89. The quantitative estimate of drug-likeness (QED) is 0.642. The number of carbonyl (C=O) groups excluding carboxylic acids is 1. The van der Waals surface area contributed by atoms with Gasteiger partial charge in [-0.2, -0.15) is 4.31 Å². The third kappa shape index (κ3) is 4.14. The topological polar surface area (TPSA) is 98.2 Å². The van der Waals surface area contributed by atoms with Gasteiger partial charge < -0.3 is 14.4 Å². The normalized spacial score (nSPS) is 22.4. The van der Waals surface area contributed by atoms with Crippen LogP contribution in [0.2, 0.25) is 0 Å². The van der Waals surface area contributed by atoms with E-state index in [9.17, 15) is 18.0 Å². The number of piperidine rings is 2. The number of aromatic nitrogens is 1. The number of carbonyl (C=O) groups is 1. The molecule has 0 aliphatic carbocycles. The molecule has 3 aliphatic heterocycles. The first-order valence-electron chi connectivity index (χ1n) is 11.5. The number of rotatable bonds is 4. The summed E-state index contributed by atoms with van der Waals surface area (Å²) < 4.78 is 41.7. The van der Waals surface area contributed by atoms with E-state index in [0.717, 1.165) is 16.9 Å². The number of nitrogens with zero attached hydrogens (tertiary/aromatic N) is 3. The molecule has 9 nitrogen and oxygen atoms in total. The lowest BCUT2D eigenvalue weighted by atomic mass is 9.94. The predicted octanol–water partition coefficient (Wildman–Crippen LogP) is 1.85. The third-order valence-electron chi connectivity index (χ3n) is 7.05. The smallest absolute Gasteiger partial charge is 0.308 e. The Hall–Kier alpha value is -1.79. The van der Waals surface area contributed by atoms with Gasteiger partial charge in [0.05, 0.1) is 28.3 Å². The first-order valence-corrected chi connectivity index (χ1v) is 13.8. The van der Waals surface area contributed by atoms with Crippen LogP contribution in [0.3, 0.4) is 0 Å². The molecule has 33 heavy (non-hydrogen) atoms. The second-order valence-corrected chi connectivity index (χ2v) is 11.8. The Bertz CT molecular complexity index is 1200. The van der Waals surface area contributed by atoms with E-state index in [1.165, 1.54) is 4.31 Å². The number of aryl methyl sites for hydroxylation is 1. The van der Waals surface area contributed by atoms with Crippen molar-refractivity contribution in [2.75, 3.05) is 39.4 Å². The van der Waals surface area contributed by atoms with E-state index in [1.54, 1.807) is 22.8 Å². The molecule has 180 valence electrons. The fourth-order valence-corrected chi connectivity index (χ4v) is 7.68. The van der Waals surface area contributed by atoms with Crippen LogP contribution in [0.4, 0.5) is 0 Å². The van der Waals surface area contributed by atoms with Crippen LogP contribution in [0, 0.1) is 5.92 Å². The molecule has 2 aromatic rings. The number of ether oxygens (including phenoxy) is 2. The van der Waals surface area contributed by atoms with Crippen LogP contribution in [0.5, 0.6) is 0 Å². The molecular formula is C22H29N3O6S2. The number of likely N-dealkylation sites (tertiary alicyclic amines) is 1. The molecule has 0 radical (unpaired) electrons. The van der Waals surface area contributed by atoms with Gasteiger partial charge in [-0.15, -0.1) is 0 Å². The van der Waals surface area contributed by atoms with Crippen LogP contribution in [0.15, 0.2) is 27.9 Å². The second kappa shape index (κ2) is 8.77. The molecule has 0 atom stereocenters. The Morgan fingerprint density at radius 3 is 2.42 bits per heavy atom. The van der Waals surface area contributed by atoms with Crippen LogP contribution in [0.25, 0.3) is 10.2 Å². The van der Waals surface area contributed by atoms with E-state index in [-0.39, 0.29) is 21.6 Å². The maximum Gasteiger partial charge on any atom is 0.308 e. The summed E-state index contributed by atoms with van der Waals surface area (Å²) in [6.45, 7) is 5.50. The van der Waals surface area contributed by atoms with Gasteiger partial charge in [0.1, 0.15) is 0 Å². The van der Waals surface area contributed by atoms with Crippen molar-refractivity contribution in [2.45, 2.75) is 49.8 Å². The monoisotopic (exact) mass is 495 g/mol. The fourth-order valence-electron chi connectivity index (χ4n) is 5.11. The van der Waals surface area contributed by atoms with Crippen molar-refractivity contribution >= 4 is 37.5 Å². The van der Waals surface area contributed by atoms with Crippen molar-refractivity contribution in [1.29, 1.82) is 0 Å². The highest BCUT2D eigenvalue weighted by Gasteiger charge is 2.42. The summed E-state index contributed by atoms with van der Waals surface area (Å²) in [5.41, 5.74) is 0.757. The number of hydrogen-bond donors (Lipinski definition) is 0. The minimum absolute atomic E-state index is 0.0870. The van der Waals surface area contributed by atoms with Crippen molar-refractivity contribution in [3.8, 4) is 0 Å². The summed E-state index contributed by atoms with van der Waals surface area (Å²) in [4.78, 5) is 27.1. The lowest BCUT2D eigenvalue weighted by Gasteiger charge is -2.40. The van der Waals surface area contributed by atoms with E-state index in [4.69, 9.17) is 9.47 Å². The molecule has 0 bridgehead atoms. The molecule has 0 N–H and O–H groups in total. The molecule has 1 aromatic heterocycles. The Morgan fingerprint density at radius 1 is 1.12 bits per heavy atom. The molecule has 3 fully saturated rings. The summed E-state index contributed by atoms with van der Waals surface area (Å²) in [6.07, 6.45) is 2.38. The van der Waals surface area contributed by atoms with Crippen LogP contribution in [0.1, 0.15) is 32.6 Å². The fraction of sp³-hybridized carbons (Fsp3) is 0.636. The van der Waals surface area contributed by atoms with Gasteiger partial charge in [0, 0.05) is 51.5 Å². The van der Waals surface area contributed by atoms with Gasteiger partial charge >= 0.3 is 4.87 Å². The van der Waals surface area contributed by atoms with Crippen LogP contribution >= 0.6 is 11.3 Å². The predicted molar refractivity (Wildman–Crippen MR) is 124 cm³/mol. The lowest BCUT2D eigenvalue weighted by molar-refractivity contribution is -0.188. The Balaban J connectivity index is 1.22. The summed E-state index contributed by atoms with van der Waals surface area (Å²) in [5, 5.41) is 0. The average Bonchev–Trinajstić information content (AvgIpc) is 3.41. The molecule has 5 rings (SSSR count). The summed E-state index contributed by atoms with van der Waals surface area (Å²) >= 11 is 1.06. The maximum absolute atomic E-state index is 13.2. The van der Waals surface area contributed by atoms with Crippen molar-refractivity contribution < 1.29 is 22.7 Å². The zero-order valence-electron chi connectivity index (χ0n) is 18.7. The Labute approximate surface area is 196 Å². The molecular weight excluding hydrogens is 466 g/mol. The first-order chi connectivity index (χ1) is 15.8. The van der Waals surface area contributed by atoms with Crippen molar-refractivity contribution in [3.63, 3.8) is 0 Å². The van der Waals surface area contributed by atoms with Crippen LogP contribution in [-0.2, 0) is 30.8 Å². The molecule has 1 spiro atoms. The van der Waals surface area contributed by atoms with Crippen molar-refractivity contribution in [3.05, 3.63) is 27.9 Å². The molecule has 4 heterocycles. The molecule has 3 saturated heterocycles. The number of thiazole rings is 1. The van der Waals surface area contributed by atoms with Gasteiger partial charge in [0.25, 0.3) is 0 Å². The molecule has 1 amide bonds. The van der Waals surface area contributed by atoms with Crippen molar-refractivity contribution in [1.82, 2.24) is 13.8 Å². The molecule has 0 unspecified atom stereocenters. The summed E-state index contributed by atoms with van der Waals surface area (Å²) in [5.74, 6) is -0.574. The van der Waals surface area contributed by atoms with Crippen LogP contribution < -0.4 is 4.87 Å². The zero-order valence-corrected chi connectivity index (χ0v) is 20.3.